The zero-order valence-electron chi connectivity index (χ0n) is 9.82. The van der Waals surface area contributed by atoms with Crippen LogP contribution in [0.25, 0.3) is 0 Å². The molecular weight excluding hydrogens is 214 g/mol. The number of carbonyl (C=O) groups excluding carboxylic acids is 2. The maximum Gasteiger partial charge on any atom is 0.218 e. The van der Waals surface area contributed by atoms with Crippen molar-refractivity contribution in [3.63, 3.8) is 0 Å². The van der Waals surface area contributed by atoms with E-state index in [1.165, 1.54) is 11.1 Å². The molecule has 2 N–H and O–H groups in total. The molecule has 0 fully saturated rings. The van der Waals surface area contributed by atoms with Gasteiger partial charge in [-0.1, -0.05) is 18.2 Å². The van der Waals surface area contributed by atoms with E-state index in [0.717, 1.165) is 31.1 Å². The summed E-state index contributed by atoms with van der Waals surface area (Å²) in [6, 6.07) is 6.13. The SMILES string of the molecule is NC(=O)C[C@H]1CCCc2cc(CC=O)ccc21. The molecule has 3 nitrogen and oxygen atoms in total. The standard InChI is InChI=1S/C14H17NO2/c15-14(17)9-12-3-1-2-11-8-10(6-7-16)4-5-13(11)12/h4-5,7-8,12H,1-3,6,9H2,(H2,15,17)/t12-/m1/s1. The van der Waals surface area contributed by atoms with Gasteiger partial charge in [-0.25, -0.2) is 0 Å². The lowest BCUT2D eigenvalue weighted by atomic mass is 9.80. The number of hydrogen-bond acceptors (Lipinski definition) is 2. The Labute approximate surface area is 101 Å². The molecule has 3 heteroatoms. The molecule has 0 aliphatic heterocycles. The summed E-state index contributed by atoms with van der Waals surface area (Å²) in [5, 5.41) is 0. The zero-order chi connectivity index (χ0) is 12.3. The minimum absolute atomic E-state index is 0.236. The second-order valence-electron chi connectivity index (χ2n) is 4.66. The molecule has 1 aliphatic rings. The van der Waals surface area contributed by atoms with E-state index in [4.69, 9.17) is 5.73 Å². The first-order chi connectivity index (χ1) is 8.20. The Kier molecular flexibility index (Phi) is 3.57. The van der Waals surface area contributed by atoms with Crippen LogP contribution in [0.5, 0.6) is 0 Å². The van der Waals surface area contributed by atoms with Crippen molar-refractivity contribution in [3.8, 4) is 0 Å². The molecule has 1 amide bonds. The van der Waals surface area contributed by atoms with Crippen molar-refractivity contribution in [3.05, 3.63) is 34.9 Å². The quantitative estimate of drug-likeness (QED) is 0.802. The van der Waals surface area contributed by atoms with Crippen LogP contribution in [0.15, 0.2) is 18.2 Å². The van der Waals surface area contributed by atoms with Crippen LogP contribution in [0.4, 0.5) is 0 Å². The van der Waals surface area contributed by atoms with E-state index in [2.05, 4.69) is 12.1 Å². The molecule has 0 aromatic heterocycles. The monoisotopic (exact) mass is 231 g/mol. The summed E-state index contributed by atoms with van der Waals surface area (Å²) < 4.78 is 0. The van der Waals surface area contributed by atoms with Crippen LogP contribution in [-0.2, 0) is 22.4 Å². The highest BCUT2D eigenvalue weighted by atomic mass is 16.1. The van der Waals surface area contributed by atoms with Crippen molar-refractivity contribution < 1.29 is 9.59 Å². The predicted molar refractivity (Wildman–Crippen MR) is 65.7 cm³/mol. The maximum absolute atomic E-state index is 11.0. The van der Waals surface area contributed by atoms with Crippen molar-refractivity contribution in [1.29, 1.82) is 0 Å². The molecule has 0 unspecified atom stereocenters. The van der Waals surface area contributed by atoms with Gasteiger partial charge in [-0.05, 0) is 41.9 Å². The molecule has 0 heterocycles. The van der Waals surface area contributed by atoms with Gasteiger partial charge in [0.05, 0.1) is 0 Å². The Morgan fingerprint density at radius 3 is 3.00 bits per heavy atom. The molecule has 1 aliphatic carbocycles. The third kappa shape index (κ3) is 2.73. The fraction of sp³-hybridized carbons (Fsp3) is 0.429. The fourth-order valence-electron chi connectivity index (χ4n) is 2.65. The number of fused-ring (bicyclic) bond motifs is 1. The van der Waals surface area contributed by atoms with Crippen LogP contribution in [0, 0.1) is 0 Å². The summed E-state index contributed by atoms with van der Waals surface area (Å²) in [6.45, 7) is 0. The predicted octanol–water partition coefficient (Wildman–Crippen LogP) is 1.72. The van der Waals surface area contributed by atoms with Gasteiger partial charge in [0.1, 0.15) is 6.29 Å². The van der Waals surface area contributed by atoms with Gasteiger partial charge in [0.15, 0.2) is 0 Å². The summed E-state index contributed by atoms with van der Waals surface area (Å²) in [5.74, 6) is 0.0290. The second-order valence-corrected chi connectivity index (χ2v) is 4.66. The lowest BCUT2D eigenvalue weighted by Crippen LogP contribution is -2.19. The Bertz CT molecular complexity index is 440. The number of primary amides is 1. The van der Waals surface area contributed by atoms with E-state index in [9.17, 15) is 9.59 Å². The van der Waals surface area contributed by atoms with E-state index in [1.807, 2.05) is 6.07 Å². The molecule has 0 bridgehead atoms. The number of benzene rings is 1. The van der Waals surface area contributed by atoms with E-state index < -0.39 is 0 Å². The van der Waals surface area contributed by atoms with E-state index in [0.29, 0.717) is 12.8 Å². The lowest BCUT2D eigenvalue weighted by Gasteiger charge is -2.25. The Hall–Kier alpha value is -1.64. The minimum atomic E-state index is -0.236. The third-order valence-electron chi connectivity index (χ3n) is 3.41. The molecule has 17 heavy (non-hydrogen) atoms. The average molecular weight is 231 g/mol. The zero-order valence-corrected chi connectivity index (χ0v) is 9.82. The topological polar surface area (TPSA) is 60.2 Å². The number of amides is 1. The van der Waals surface area contributed by atoms with Crippen molar-refractivity contribution in [1.82, 2.24) is 0 Å². The largest absolute Gasteiger partial charge is 0.370 e. The summed E-state index contributed by atoms with van der Waals surface area (Å²) in [5.41, 5.74) is 8.85. The van der Waals surface area contributed by atoms with Crippen molar-refractivity contribution in [2.75, 3.05) is 0 Å². The Balaban J connectivity index is 2.26. The minimum Gasteiger partial charge on any atom is -0.370 e. The van der Waals surface area contributed by atoms with Gasteiger partial charge in [0.25, 0.3) is 0 Å². The van der Waals surface area contributed by atoms with Crippen LogP contribution in [0.3, 0.4) is 0 Å². The molecule has 1 aromatic rings. The number of hydrogen-bond donors (Lipinski definition) is 1. The number of carbonyl (C=O) groups is 2. The summed E-state index contributed by atoms with van der Waals surface area (Å²) in [6.07, 6.45) is 4.98. The van der Waals surface area contributed by atoms with Gasteiger partial charge in [-0.3, -0.25) is 4.79 Å². The van der Waals surface area contributed by atoms with Crippen LogP contribution >= 0.6 is 0 Å². The number of nitrogens with two attached hydrogens (primary N) is 1. The molecule has 0 spiro atoms. The highest BCUT2D eigenvalue weighted by Gasteiger charge is 2.21. The smallest absolute Gasteiger partial charge is 0.218 e. The van der Waals surface area contributed by atoms with E-state index in [1.54, 1.807) is 0 Å². The van der Waals surface area contributed by atoms with Crippen molar-refractivity contribution >= 4 is 12.2 Å². The van der Waals surface area contributed by atoms with Crippen LogP contribution in [-0.4, -0.2) is 12.2 Å². The normalized spacial score (nSPS) is 18.5. The molecule has 1 atom stereocenters. The molecule has 90 valence electrons. The average Bonchev–Trinajstić information content (AvgIpc) is 2.29. The van der Waals surface area contributed by atoms with Gasteiger partial charge < -0.3 is 10.5 Å². The van der Waals surface area contributed by atoms with Crippen molar-refractivity contribution in [2.24, 2.45) is 5.73 Å². The Morgan fingerprint density at radius 1 is 1.47 bits per heavy atom. The molecule has 2 rings (SSSR count). The van der Waals surface area contributed by atoms with Gasteiger partial charge in [-0.15, -0.1) is 0 Å². The Morgan fingerprint density at radius 2 is 2.29 bits per heavy atom. The van der Waals surface area contributed by atoms with Crippen LogP contribution in [0.2, 0.25) is 0 Å². The van der Waals surface area contributed by atoms with E-state index in [-0.39, 0.29) is 11.8 Å². The van der Waals surface area contributed by atoms with Gasteiger partial charge in [0.2, 0.25) is 5.91 Å². The first kappa shape index (κ1) is 11.8. The molecular formula is C14H17NO2. The molecule has 1 aromatic carbocycles. The highest BCUT2D eigenvalue weighted by molar-refractivity contribution is 5.75. The summed E-state index contributed by atoms with van der Waals surface area (Å²) >= 11 is 0. The second kappa shape index (κ2) is 5.13. The third-order valence-corrected chi connectivity index (χ3v) is 3.41. The lowest BCUT2D eigenvalue weighted by molar-refractivity contribution is -0.118. The first-order valence-electron chi connectivity index (χ1n) is 6.04. The first-order valence-corrected chi connectivity index (χ1v) is 6.04. The fourth-order valence-corrected chi connectivity index (χ4v) is 2.65. The molecule has 0 saturated heterocycles. The van der Waals surface area contributed by atoms with Crippen molar-refractivity contribution in [2.45, 2.75) is 38.0 Å². The van der Waals surface area contributed by atoms with Gasteiger partial charge >= 0.3 is 0 Å². The highest BCUT2D eigenvalue weighted by Crippen LogP contribution is 2.34. The molecule has 0 radical (unpaired) electrons. The van der Waals surface area contributed by atoms with Gasteiger partial charge in [-0.2, -0.15) is 0 Å². The summed E-state index contributed by atoms with van der Waals surface area (Å²) in [4.78, 5) is 21.5. The van der Waals surface area contributed by atoms with E-state index >= 15 is 0 Å². The molecule has 0 saturated carbocycles. The number of aldehydes is 1. The van der Waals surface area contributed by atoms with Gasteiger partial charge in [0, 0.05) is 12.8 Å². The number of aryl methyl sites for hydroxylation is 1. The van der Waals surface area contributed by atoms with Crippen LogP contribution in [0.1, 0.15) is 41.9 Å². The maximum atomic E-state index is 11.0. The summed E-state index contributed by atoms with van der Waals surface area (Å²) in [7, 11) is 0. The van der Waals surface area contributed by atoms with Crippen LogP contribution < -0.4 is 5.73 Å². The number of rotatable bonds is 4.